The van der Waals surface area contributed by atoms with E-state index in [1.54, 1.807) is 12.2 Å². The molecule has 7 nitrogen and oxygen atoms in total. The number of aliphatic hydroxyl groups is 1. The standard InChI is InChI=1S/C20H26FN3O4/c21-14-4-6-15(7-5-14)22-20(27)23-17-9-8-16(28-18(17)13-25)12-19(26)24-10-2-1-3-11-24/h4-9,16-18,25H,1-3,10-13H2,(H2,22,23,27)/t16-,17-,18-/m1/s1. The number of ether oxygens (including phenoxy) is 1. The van der Waals surface area contributed by atoms with Crippen LogP contribution < -0.4 is 10.6 Å². The first-order chi connectivity index (χ1) is 13.5. The fourth-order valence-electron chi connectivity index (χ4n) is 3.43. The minimum Gasteiger partial charge on any atom is -0.394 e. The predicted octanol–water partition coefficient (Wildman–Crippen LogP) is 2.03. The molecular weight excluding hydrogens is 365 g/mol. The number of nitrogens with zero attached hydrogens (tertiary/aromatic N) is 1. The van der Waals surface area contributed by atoms with Gasteiger partial charge in [-0.1, -0.05) is 12.2 Å². The molecule has 2 aliphatic heterocycles. The minimum atomic E-state index is -0.650. The average Bonchev–Trinajstić information content (AvgIpc) is 2.71. The molecule has 2 heterocycles. The molecule has 1 fully saturated rings. The number of rotatable bonds is 5. The molecule has 1 saturated heterocycles. The Morgan fingerprint density at radius 2 is 1.86 bits per heavy atom. The summed E-state index contributed by atoms with van der Waals surface area (Å²) in [5.74, 6) is -0.341. The Morgan fingerprint density at radius 3 is 2.54 bits per heavy atom. The Labute approximate surface area is 163 Å². The zero-order valence-corrected chi connectivity index (χ0v) is 15.6. The van der Waals surface area contributed by atoms with Crippen LogP contribution in [-0.2, 0) is 9.53 Å². The summed E-state index contributed by atoms with van der Waals surface area (Å²) >= 11 is 0. The second-order valence-electron chi connectivity index (χ2n) is 7.06. The lowest BCUT2D eigenvalue weighted by molar-refractivity contribution is -0.136. The van der Waals surface area contributed by atoms with Gasteiger partial charge in [-0.3, -0.25) is 4.79 Å². The van der Waals surface area contributed by atoms with Crippen molar-refractivity contribution in [3.63, 3.8) is 0 Å². The van der Waals surface area contributed by atoms with E-state index in [1.165, 1.54) is 24.3 Å². The van der Waals surface area contributed by atoms with Crippen molar-refractivity contribution in [1.29, 1.82) is 0 Å². The van der Waals surface area contributed by atoms with Crippen LogP contribution in [0.3, 0.4) is 0 Å². The third kappa shape index (κ3) is 5.53. The van der Waals surface area contributed by atoms with E-state index >= 15 is 0 Å². The zero-order chi connectivity index (χ0) is 19.9. The molecule has 152 valence electrons. The van der Waals surface area contributed by atoms with E-state index in [4.69, 9.17) is 4.74 Å². The van der Waals surface area contributed by atoms with Crippen LogP contribution in [0.25, 0.3) is 0 Å². The van der Waals surface area contributed by atoms with Crippen molar-refractivity contribution in [1.82, 2.24) is 10.2 Å². The number of likely N-dealkylation sites (tertiary alicyclic amines) is 1. The van der Waals surface area contributed by atoms with Gasteiger partial charge in [-0.2, -0.15) is 0 Å². The van der Waals surface area contributed by atoms with E-state index in [1.807, 2.05) is 4.90 Å². The highest BCUT2D eigenvalue weighted by atomic mass is 19.1. The summed E-state index contributed by atoms with van der Waals surface area (Å²) in [6.45, 7) is 1.28. The zero-order valence-electron chi connectivity index (χ0n) is 15.6. The van der Waals surface area contributed by atoms with Gasteiger partial charge in [0.15, 0.2) is 0 Å². The minimum absolute atomic E-state index is 0.0477. The summed E-state index contributed by atoms with van der Waals surface area (Å²) in [4.78, 5) is 26.4. The number of urea groups is 1. The lowest BCUT2D eigenvalue weighted by atomic mass is 10.0. The summed E-state index contributed by atoms with van der Waals surface area (Å²) in [7, 11) is 0. The molecule has 0 aromatic heterocycles. The fourth-order valence-corrected chi connectivity index (χ4v) is 3.43. The number of nitrogens with one attached hydrogen (secondary N) is 2. The second-order valence-corrected chi connectivity index (χ2v) is 7.06. The Kier molecular flexibility index (Phi) is 7.00. The lowest BCUT2D eigenvalue weighted by Crippen LogP contribution is -2.50. The molecule has 0 unspecified atom stereocenters. The van der Waals surface area contributed by atoms with Gasteiger partial charge in [0.25, 0.3) is 0 Å². The quantitative estimate of drug-likeness (QED) is 0.670. The molecule has 0 bridgehead atoms. The van der Waals surface area contributed by atoms with Crippen molar-refractivity contribution in [2.75, 3.05) is 25.0 Å². The number of hydrogen-bond donors (Lipinski definition) is 3. The van der Waals surface area contributed by atoms with Crippen molar-refractivity contribution in [2.45, 2.75) is 43.9 Å². The number of amides is 3. The van der Waals surface area contributed by atoms with Crippen molar-refractivity contribution < 1.29 is 23.8 Å². The number of aliphatic hydroxyl groups excluding tert-OH is 1. The molecule has 0 aliphatic carbocycles. The molecule has 8 heteroatoms. The van der Waals surface area contributed by atoms with Gasteiger partial charge in [-0.25, -0.2) is 9.18 Å². The van der Waals surface area contributed by atoms with E-state index in [2.05, 4.69) is 10.6 Å². The molecule has 3 rings (SSSR count). The summed E-state index contributed by atoms with van der Waals surface area (Å²) in [5, 5.41) is 14.9. The van der Waals surface area contributed by atoms with Crippen LogP contribution in [0.2, 0.25) is 0 Å². The highest BCUT2D eigenvalue weighted by Gasteiger charge is 2.30. The molecule has 3 amide bonds. The first-order valence-electron chi connectivity index (χ1n) is 9.60. The lowest BCUT2D eigenvalue weighted by Gasteiger charge is -2.33. The van der Waals surface area contributed by atoms with Gasteiger partial charge in [-0.05, 0) is 43.5 Å². The van der Waals surface area contributed by atoms with Crippen molar-refractivity contribution in [3.8, 4) is 0 Å². The molecule has 0 spiro atoms. The van der Waals surface area contributed by atoms with Gasteiger partial charge in [0.2, 0.25) is 5.91 Å². The maximum Gasteiger partial charge on any atom is 0.319 e. The number of anilines is 1. The first kappa shape index (κ1) is 20.3. The van der Waals surface area contributed by atoms with Gasteiger partial charge < -0.3 is 25.4 Å². The van der Waals surface area contributed by atoms with Crippen LogP contribution in [-0.4, -0.2) is 59.9 Å². The van der Waals surface area contributed by atoms with Crippen molar-refractivity contribution in [2.24, 2.45) is 0 Å². The highest BCUT2D eigenvalue weighted by Crippen LogP contribution is 2.18. The normalized spacial score (nSPS) is 24.6. The van der Waals surface area contributed by atoms with Gasteiger partial charge >= 0.3 is 6.03 Å². The van der Waals surface area contributed by atoms with Crippen LogP contribution >= 0.6 is 0 Å². The Hall–Kier alpha value is -2.45. The summed E-state index contributed by atoms with van der Waals surface area (Å²) in [6.07, 6.45) is 5.85. The largest absolute Gasteiger partial charge is 0.394 e. The third-order valence-electron chi connectivity index (χ3n) is 4.95. The van der Waals surface area contributed by atoms with Gasteiger partial charge in [0, 0.05) is 18.8 Å². The van der Waals surface area contributed by atoms with Crippen LogP contribution in [0.1, 0.15) is 25.7 Å². The first-order valence-corrected chi connectivity index (χ1v) is 9.60. The number of carbonyl (C=O) groups is 2. The van der Waals surface area contributed by atoms with Gasteiger partial charge in [0.1, 0.15) is 11.9 Å². The fraction of sp³-hybridized carbons (Fsp3) is 0.500. The number of halogens is 1. The summed E-state index contributed by atoms with van der Waals surface area (Å²) < 4.78 is 18.7. The van der Waals surface area contributed by atoms with Gasteiger partial charge in [-0.15, -0.1) is 0 Å². The summed E-state index contributed by atoms with van der Waals surface area (Å²) in [6, 6.07) is 4.37. The highest BCUT2D eigenvalue weighted by molar-refractivity contribution is 5.89. The summed E-state index contributed by atoms with van der Waals surface area (Å²) in [5.41, 5.74) is 0.449. The Balaban J connectivity index is 1.52. The van der Waals surface area contributed by atoms with Crippen molar-refractivity contribution >= 4 is 17.6 Å². The molecule has 0 radical (unpaired) electrons. The maximum absolute atomic E-state index is 12.9. The Bertz CT molecular complexity index is 704. The number of piperidine rings is 1. The van der Waals surface area contributed by atoms with Crippen LogP contribution in [0.5, 0.6) is 0 Å². The topological polar surface area (TPSA) is 90.9 Å². The number of hydrogen-bond acceptors (Lipinski definition) is 4. The van der Waals surface area contributed by atoms with Crippen LogP contribution in [0.15, 0.2) is 36.4 Å². The predicted molar refractivity (Wildman–Crippen MR) is 102 cm³/mol. The average molecular weight is 391 g/mol. The molecule has 3 atom stereocenters. The van der Waals surface area contributed by atoms with Crippen LogP contribution in [0.4, 0.5) is 14.9 Å². The second kappa shape index (κ2) is 9.66. The molecule has 0 saturated carbocycles. The smallest absolute Gasteiger partial charge is 0.319 e. The molecule has 1 aromatic carbocycles. The number of carbonyl (C=O) groups excluding carboxylic acids is 2. The van der Waals surface area contributed by atoms with Crippen LogP contribution in [0, 0.1) is 5.82 Å². The van der Waals surface area contributed by atoms with E-state index in [0.717, 1.165) is 32.4 Å². The Morgan fingerprint density at radius 1 is 1.14 bits per heavy atom. The SMILES string of the molecule is O=C(Nc1ccc(F)cc1)N[C@@H]1C=C[C@H](CC(=O)N2CCCCC2)O[C@@H]1CO. The molecule has 1 aromatic rings. The molecule has 3 N–H and O–H groups in total. The van der Waals surface area contributed by atoms with E-state index in [9.17, 15) is 19.1 Å². The van der Waals surface area contributed by atoms with E-state index in [0.29, 0.717) is 5.69 Å². The molecule has 28 heavy (non-hydrogen) atoms. The van der Waals surface area contributed by atoms with Gasteiger partial charge in [0.05, 0.1) is 25.2 Å². The molecule has 2 aliphatic rings. The number of benzene rings is 1. The van der Waals surface area contributed by atoms with Crippen molar-refractivity contribution in [3.05, 3.63) is 42.2 Å². The third-order valence-corrected chi connectivity index (χ3v) is 4.95. The monoisotopic (exact) mass is 391 g/mol. The maximum atomic E-state index is 12.9. The van der Waals surface area contributed by atoms with E-state index < -0.39 is 24.3 Å². The van der Waals surface area contributed by atoms with E-state index in [-0.39, 0.29) is 24.8 Å². The molecular formula is C20H26FN3O4.